The van der Waals surface area contributed by atoms with Crippen LogP contribution >= 0.6 is 0 Å². The van der Waals surface area contributed by atoms with Crippen molar-refractivity contribution in [3.8, 4) is 0 Å². The zero-order valence-electron chi connectivity index (χ0n) is 18.7. The first kappa shape index (κ1) is 19.7. The zero-order chi connectivity index (χ0) is 23.0. The number of benzene rings is 1. The fourth-order valence-corrected chi connectivity index (χ4v) is 5.45. The number of anilines is 2. The van der Waals surface area contributed by atoms with Crippen LogP contribution in [0.25, 0.3) is 27.6 Å². The molecule has 0 bridgehead atoms. The van der Waals surface area contributed by atoms with Gasteiger partial charge in [0.15, 0.2) is 5.65 Å². The molecule has 0 amide bonds. The summed E-state index contributed by atoms with van der Waals surface area (Å²) in [5.41, 5.74) is 10.3. The van der Waals surface area contributed by atoms with E-state index in [1.165, 1.54) is 6.07 Å². The standard InChI is InChI=1S/C24H24FN9/c1-27-16-8-13(25)7-15-20-22(31-21(15)16)29-18(9-14-10-19-28-4-2-5-34(19)32-14)30-23(20)33-6-3-24(12-33)11-17(24)26/h2,4-5,7-8,10,17,27H,3,6,9,11-12,26H2,1H3,(H,29,30,31)/t17-,24-/m1/s1. The van der Waals surface area contributed by atoms with Gasteiger partial charge in [0.05, 0.1) is 28.7 Å². The summed E-state index contributed by atoms with van der Waals surface area (Å²) in [5, 5.41) is 9.33. The second kappa shape index (κ2) is 6.86. The molecule has 10 heteroatoms. The Morgan fingerprint density at radius 2 is 2.18 bits per heavy atom. The lowest BCUT2D eigenvalue weighted by molar-refractivity contribution is 0.553. The maximum atomic E-state index is 14.5. The molecule has 1 saturated heterocycles. The molecule has 9 nitrogen and oxygen atoms in total. The Bertz CT molecular complexity index is 1560. The van der Waals surface area contributed by atoms with Gasteiger partial charge in [0, 0.05) is 55.4 Å². The van der Waals surface area contributed by atoms with Gasteiger partial charge in [-0.2, -0.15) is 5.10 Å². The van der Waals surface area contributed by atoms with Crippen LogP contribution in [0.2, 0.25) is 0 Å². The summed E-state index contributed by atoms with van der Waals surface area (Å²) in [4.78, 5) is 19.9. The molecule has 1 aliphatic heterocycles. The van der Waals surface area contributed by atoms with E-state index in [9.17, 15) is 4.39 Å². The number of H-pyrrole nitrogens is 1. The molecular weight excluding hydrogens is 433 g/mol. The lowest BCUT2D eigenvalue weighted by Gasteiger charge is -2.19. The molecule has 1 aliphatic carbocycles. The predicted molar refractivity (Wildman–Crippen MR) is 129 cm³/mol. The van der Waals surface area contributed by atoms with Crippen molar-refractivity contribution in [2.75, 3.05) is 30.4 Å². The maximum Gasteiger partial charge on any atom is 0.155 e. The minimum atomic E-state index is -0.299. The van der Waals surface area contributed by atoms with Crippen LogP contribution in [0.5, 0.6) is 0 Å². The van der Waals surface area contributed by atoms with Crippen LogP contribution in [0.3, 0.4) is 0 Å². The van der Waals surface area contributed by atoms with Crippen molar-refractivity contribution in [1.82, 2.24) is 29.5 Å². The number of hydrogen-bond acceptors (Lipinski definition) is 7. The van der Waals surface area contributed by atoms with E-state index in [0.29, 0.717) is 23.6 Å². The van der Waals surface area contributed by atoms with Gasteiger partial charge in [0.1, 0.15) is 23.1 Å². The van der Waals surface area contributed by atoms with Gasteiger partial charge in [0.25, 0.3) is 0 Å². The van der Waals surface area contributed by atoms with Gasteiger partial charge in [-0.05, 0) is 31.0 Å². The summed E-state index contributed by atoms with van der Waals surface area (Å²) in [6.07, 6.45) is 6.18. The Labute approximate surface area is 194 Å². The summed E-state index contributed by atoms with van der Waals surface area (Å²) in [6, 6.07) is 7.09. The van der Waals surface area contributed by atoms with E-state index >= 15 is 0 Å². The molecule has 34 heavy (non-hydrogen) atoms. The van der Waals surface area contributed by atoms with Gasteiger partial charge in [-0.1, -0.05) is 0 Å². The maximum absolute atomic E-state index is 14.5. The zero-order valence-corrected chi connectivity index (χ0v) is 18.7. The Morgan fingerprint density at radius 3 is 2.94 bits per heavy atom. The van der Waals surface area contributed by atoms with E-state index in [1.807, 2.05) is 18.3 Å². The topological polar surface area (TPSA) is 113 Å². The van der Waals surface area contributed by atoms with Crippen molar-refractivity contribution < 1.29 is 4.39 Å². The highest BCUT2D eigenvalue weighted by Crippen LogP contribution is 2.53. The molecule has 7 rings (SSSR count). The van der Waals surface area contributed by atoms with E-state index in [-0.39, 0.29) is 17.3 Å². The number of rotatable bonds is 4. The first-order chi connectivity index (χ1) is 16.5. The van der Waals surface area contributed by atoms with Crippen molar-refractivity contribution in [1.29, 1.82) is 0 Å². The third-order valence-electron chi connectivity index (χ3n) is 7.39. The Kier molecular flexibility index (Phi) is 3.97. The molecular formula is C24H24FN9. The first-order valence-corrected chi connectivity index (χ1v) is 11.5. The summed E-state index contributed by atoms with van der Waals surface area (Å²) in [7, 11) is 1.79. The molecule has 1 spiro atoms. The van der Waals surface area contributed by atoms with Gasteiger partial charge >= 0.3 is 0 Å². The van der Waals surface area contributed by atoms with Gasteiger partial charge in [-0.3, -0.25) is 0 Å². The molecule has 2 atom stereocenters. The van der Waals surface area contributed by atoms with Crippen LogP contribution in [0.15, 0.2) is 36.7 Å². The Hall–Kier alpha value is -3.79. The largest absolute Gasteiger partial charge is 0.386 e. The summed E-state index contributed by atoms with van der Waals surface area (Å²) in [5.74, 6) is 1.19. The molecule has 5 heterocycles. The highest BCUT2D eigenvalue weighted by Gasteiger charge is 2.55. The van der Waals surface area contributed by atoms with E-state index < -0.39 is 0 Å². The highest BCUT2D eigenvalue weighted by atomic mass is 19.1. The number of fused-ring (bicyclic) bond motifs is 4. The Morgan fingerprint density at radius 1 is 1.29 bits per heavy atom. The molecule has 0 unspecified atom stereocenters. The van der Waals surface area contributed by atoms with Crippen LogP contribution in [-0.2, 0) is 6.42 Å². The third kappa shape index (κ3) is 2.88. The first-order valence-electron chi connectivity index (χ1n) is 11.5. The average Bonchev–Trinajstić information content (AvgIpc) is 3.22. The van der Waals surface area contributed by atoms with Crippen LogP contribution in [0.1, 0.15) is 24.4 Å². The quantitative estimate of drug-likeness (QED) is 0.380. The predicted octanol–water partition coefficient (Wildman–Crippen LogP) is 2.85. The molecule has 1 aromatic carbocycles. The van der Waals surface area contributed by atoms with Crippen LogP contribution in [0, 0.1) is 11.2 Å². The molecule has 4 aromatic heterocycles. The molecule has 172 valence electrons. The fourth-order valence-electron chi connectivity index (χ4n) is 5.45. The number of nitrogens with zero attached hydrogens (tertiary/aromatic N) is 6. The summed E-state index contributed by atoms with van der Waals surface area (Å²) < 4.78 is 16.3. The van der Waals surface area contributed by atoms with E-state index in [1.54, 1.807) is 23.8 Å². The molecule has 0 radical (unpaired) electrons. The van der Waals surface area contributed by atoms with Crippen molar-refractivity contribution in [2.24, 2.45) is 11.1 Å². The van der Waals surface area contributed by atoms with E-state index in [4.69, 9.17) is 15.7 Å². The molecule has 2 fully saturated rings. The summed E-state index contributed by atoms with van der Waals surface area (Å²) >= 11 is 0. The number of nitrogens with two attached hydrogens (primary N) is 1. The Balaban J connectivity index is 1.40. The van der Waals surface area contributed by atoms with Crippen molar-refractivity contribution in [3.63, 3.8) is 0 Å². The lowest BCUT2D eigenvalue weighted by atomic mass is 10.1. The highest BCUT2D eigenvalue weighted by molar-refractivity contribution is 6.14. The fraction of sp³-hybridized carbons (Fsp3) is 0.333. The van der Waals surface area contributed by atoms with Crippen molar-refractivity contribution in [3.05, 3.63) is 54.0 Å². The smallest absolute Gasteiger partial charge is 0.155 e. The van der Waals surface area contributed by atoms with Gasteiger partial charge in [-0.25, -0.2) is 23.9 Å². The lowest BCUT2D eigenvalue weighted by Crippen LogP contribution is -2.24. The van der Waals surface area contributed by atoms with Crippen LogP contribution < -0.4 is 16.0 Å². The average molecular weight is 458 g/mol. The second-order valence-electron chi connectivity index (χ2n) is 9.52. The molecule has 5 aromatic rings. The van der Waals surface area contributed by atoms with E-state index in [0.717, 1.165) is 59.4 Å². The number of halogens is 1. The number of aromatic amines is 1. The molecule has 4 N–H and O–H groups in total. The van der Waals surface area contributed by atoms with Gasteiger partial charge in [-0.15, -0.1) is 0 Å². The van der Waals surface area contributed by atoms with E-state index in [2.05, 4.69) is 25.3 Å². The van der Waals surface area contributed by atoms with Gasteiger partial charge in [0.2, 0.25) is 0 Å². The number of aromatic nitrogens is 6. The van der Waals surface area contributed by atoms with Crippen LogP contribution in [-0.4, -0.2) is 55.7 Å². The van der Waals surface area contributed by atoms with Crippen LogP contribution in [0.4, 0.5) is 15.9 Å². The summed E-state index contributed by atoms with van der Waals surface area (Å²) in [6.45, 7) is 1.73. The normalized spacial score (nSPS) is 22.0. The monoisotopic (exact) mass is 457 g/mol. The number of hydrogen-bond donors (Lipinski definition) is 3. The minimum absolute atomic E-state index is 0.179. The molecule has 1 saturated carbocycles. The van der Waals surface area contributed by atoms with Crippen molar-refractivity contribution >= 4 is 39.1 Å². The minimum Gasteiger partial charge on any atom is -0.386 e. The molecule has 2 aliphatic rings. The van der Waals surface area contributed by atoms with Crippen molar-refractivity contribution in [2.45, 2.75) is 25.3 Å². The van der Waals surface area contributed by atoms with Gasteiger partial charge < -0.3 is 20.9 Å². The third-order valence-corrected chi connectivity index (χ3v) is 7.39. The second-order valence-corrected chi connectivity index (χ2v) is 9.52. The number of nitrogens with one attached hydrogen (secondary N) is 2. The SMILES string of the molecule is CNc1cc(F)cc2c1[nH]c1nc(Cc3cc4ncccn4n3)nc(N3CC[C@@]4(C[C@H]4N)C3)c12.